The fourth-order valence-corrected chi connectivity index (χ4v) is 6.21. The summed E-state index contributed by atoms with van der Waals surface area (Å²) in [4.78, 5) is 27.4. The second kappa shape index (κ2) is 11.3. The first-order chi connectivity index (χ1) is 16.8. The van der Waals surface area contributed by atoms with Crippen molar-refractivity contribution in [3.8, 4) is 0 Å². The van der Waals surface area contributed by atoms with Crippen LogP contribution in [-0.2, 0) is 29.1 Å². The third kappa shape index (κ3) is 6.24. The van der Waals surface area contributed by atoms with Crippen LogP contribution >= 0.6 is 22.7 Å². The van der Waals surface area contributed by atoms with Gasteiger partial charge in [-0.1, -0.05) is 18.2 Å². The van der Waals surface area contributed by atoms with Crippen LogP contribution in [0, 0.1) is 0 Å². The Hall–Kier alpha value is -2.83. The van der Waals surface area contributed by atoms with Gasteiger partial charge in [0.15, 0.2) is 6.10 Å². The van der Waals surface area contributed by atoms with E-state index in [2.05, 4.69) is 5.32 Å². The van der Waals surface area contributed by atoms with E-state index in [0.717, 1.165) is 9.75 Å². The van der Waals surface area contributed by atoms with Crippen molar-refractivity contribution in [1.82, 2.24) is 4.31 Å². The number of amides is 1. The molecule has 0 unspecified atom stereocenters. The van der Waals surface area contributed by atoms with Gasteiger partial charge in [-0.05, 0) is 54.1 Å². The first-order valence-electron chi connectivity index (χ1n) is 10.8. The number of ether oxygens (including phenoxy) is 2. The van der Waals surface area contributed by atoms with E-state index in [-0.39, 0.29) is 18.0 Å². The summed E-state index contributed by atoms with van der Waals surface area (Å²) < 4.78 is 37.9. The summed E-state index contributed by atoms with van der Waals surface area (Å²) >= 11 is 2.89. The molecule has 0 bridgehead atoms. The van der Waals surface area contributed by atoms with Crippen LogP contribution in [0.1, 0.15) is 16.7 Å². The molecule has 1 atom stereocenters. The number of morpholine rings is 1. The lowest BCUT2D eigenvalue weighted by molar-refractivity contribution is -0.147. The number of thiophene rings is 2. The molecule has 0 saturated carbocycles. The van der Waals surface area contributed by atoms with Crippen LogP contribution in [0.4, 0.5) is 5.69 Å². The van der Waals surface area contributed by atoms with Crippen LogP contribution in [-0.4, -0.2) is 57.0 Å². The minimum Gasteiger partial charge on any atom is -0.449 e. The van der Waals surface area contributed by atoms with Gasteiger partial charge in [-0.3, -0.25) is 4.79 Å². The van der Waals surface area contributed by atoms with Crippen molar-refractivity contribution in [3.63, 3.8) is 0 Å². The average Bonchev–Trinajstić information content (AvgIpc) is 3.57. The zero-order valence-electron chi connectivity index (χ0n) is 18.9. The summed E-state index contributed by atoms with van der Waals surface area (Å²) in [6.45, 7) is 2.70. The van der Waals surface area contributed by atoms with E-state index in [1.54, 1.807) is 18.2 Å². The van der Waals surface area contributed by atoms with E-state index in [0.29, 0.717) is 24.5 Å². The summed E-state index contributed by atoms with van der Waals surface area (Å²) in [5, 5.41) is 6.41. The number of hydrogen-bond acceptors (Lipinski definition) is 8. The quantitative estimate of drug-likeness (QED) is 0.348. The number of rotatable bonds is 8. The molecule has 0 spiro atoms. The molecular weight excluding hydrogens is 508 g/mol. The van der Waals surface area contributed by atoms with Crippen LogP contribution in [0.15, 0.2) is 64.2 Å². The van der Waals surface area contributed by atoms with Crippen molar-refractivity contribution >= 4 is 61.9 Å². The van der Waals surface area contributed by atoms with Gasteiger partial charge in [0.25, 0.3) is 5.91 Å². The number of hydrogen-bond donors (Lipinski definition) is 1. The molecule has 1 aliphatic rings. The summed E-state index contributed by atoms with van der Waals surface area (Å²) in [5.41, 5.74) is 0.653. The maximum absolute atomic E-state index is 12.9. The molecule has 1 saturated heterocycles. The molecule has 0 aliphatic carbocycles. The van der Waals surface area contributed by atoms with Crippen molar-refractivity contribution in [2.24, 2.45) is 0 Å². The summed E-state index contributed by atoms with van der Waals surface area (Å²) in [6, 6.07) is 13.4. The Morgan fingerprint density at radius 2 is 1.83 bits per heavy atom. The lowest BCUT2D eigenvalue weighted by Gasteiger charge is -2.26. The monoisotopic (exact) mass is 532 g/mol. The standard InChI is InChI=1S/C24H24N2O6S3/c1-17(32-24(28)21(22-8-4-14-34-22)16-19-6-3-13-33-19)23(27)25-18-5-2-7-20(15-18)35(29,30)26-9-11-31-12-10-26/h2-8,13-17H,9-12H2,1H3,(H,25,27)/b21-16+/t17-/m0/s1. The molecule has 1 N–H and O–H groups in total. The summed E-state index contributed by atoms with van der Waals surface area (Å²) in [6.07, 6.45) is 0.636. The van der Waals surface area contributed by atoms with Crippen molar-refractivity contribution in [2.45, 2.75) is 17.9 Å². The van der Waals surface area contributed by atoms with Gasteiger partial charge in [-0.15, -0.1) is 22.7 Å². The first-order valence-corrected chi connectivity index (χ1v) is 14.0. The zero-order valence-corrected chi connectivity index (χ0v) is 21.3. The van der Waals surface area contributed by atoms with E-state index < -0.39 is 28.0 Å². The van der Waals surface area contributed by atoms with Crippen LogP contribution in [0.2, 0.25) is 0 Å². The Morgan fingerprint density at radius 1 is 1.09 bits per heavy atom. The Balaban J connectivity index is 1.45. The Morgan fingerprint density at radius 3 is 2.51 bits per heavy atom. The first kappa shape index (κ1) is 25.3. The Kier molecular flexibility index (Phi) is 8.14. The number of sulfonamides is 1. The van der Waals surface area contributed by atoms with Crippen LogP contribution in [0.25, 0.3) is 11.6 Å². The average molecular weight is 533 g/mol. The largest absolute Gasteiger partial charge is 0.449 e. The van der Waals surface area contributed by atoms with Gasteiger partial charge >= 0.3 is 5.97 Å². The topological polar surface area (TPSA) is 102 Å². The van der Waals surface area contributed by atoms with Crippen LogP contribution in [0.5, 0.6) is 0 Å². The number of nitrogens with one attached hydrogen (secondary N) is 1. The van der Waals surface area contributed by atoms with E-state index in [1.807, 2.05) is 35.0 Å². The van der Waals surface area contributed by atoms with E-state index >= 15 is 0 Å². The van der Waals surface area contributed by atoms with E-state index in [1.165, 1.54) is 46.0 Å². The molecule has 1 fully saturated rings. The second-order valence-electron chi connectivity index (χ2n) is 7.63. The normalized spacial score (nSPS) is 16.0. The molecule has 3 heterocycles. The highest BCUT2D eigenvalue weighted by Crippen LogP contribution is 2.26. The molecule has 0 radical (unpaired) electrons. The summed E-state index contributed by atoms with van der Waals surface area (Å²) in [5.74, 6) is -1.19. The summed E-state index contributed by atoms with van der Waals surface area (Å²) in [7, 11) is -3.71. The van der Waals surface area contributed by atoms with Gasteiger partial charge in [-0.2, -0.15) is 4.31 Å². The molecule has 1 aromatic carbocycles. The van der Waals surface area contributed by atoms with Gasteiger partial charge in [0.2, 0.25) is 10.0 Å². The van der Waals surface area contributed by atoms with Crippen molar-refractivity contribution in [1.29, 1.82) is 0 Å². The maximum Gasteiger partial charge on any atom is 0.340 e. The Labute approximate surface area is 211 Å². The fraction of sp³-hybridized carbons (Fsp3) is 0.250. The van der Waals surface area contributed by atoms with E-state index in [4.69, 9.17) is 9.47 Å². The highest BCUT2D eigenvalue weighted by atomic mass is 32.2. The van der Waals surface area contributed by atoms with Gasteiger partial charge in [0.05, 0.1) is 23.7 Å². The molecule has 4 rings (SSSR count). The molecule has 35 heavy (non-hydrogen) atoms. The third-order valence-corrected chi connectivity index (χ3v) is 8.82. The van der Waals surface area contributed by atoms with E-state index in [9.17, 15) is 18.0 Å². The van der Waals surface area contributed by atoms with Crippen molar-refractivity contribution in [3.05, 3.63) is 69.0 Å². The number of carbonyl (C=O) groups excluding carboxylic acids is 2. The molecule has 11 heteroatoms. The fourth-order valence-electron chi connectivity index (χ4n) is 3.37. The molecule has 8 nitrogen and oxygen atoms in total. The maximum atomic E-state index is 12.9. The Bertz CT molecular complexity index is 1290. The molecule has 1 amide bonds. The lowest BCUT2D eigenvalue weighted by Crippen LogP contribution is -2.40. The predicted molar refractivity (Wildman–Crippen MR) is 137 cm³/mol. The SMILES string of the molecule is C[C@H](OC(=O)/C(=C/c1cccs1)c1cccs1)C(=O)Nc1cccc(S(=O)(=O)N2CCOCC2)c1. The minimum atomic E-state index is -3.71. The second-order valence-corrected chi connectivity index (χ2v) is 11.5. The predicted octanol–water partition coefficient (Wildman–Crippen LogP) is 3.94. The molecule has 1 aliphatic heterocycles. The van der Waals surface area contributed by atoms with Crippen molar-refractivity contribution < 1.29 is 27.5 Å². The van der Waals surface area contributed by atoms with Crippen LogP contribution in [0.3, 0.4) is 0 Å². The van der Waals surface area contributed by atoms with Crippen molar-refractivity contribution in [2.75, 3.05) is 31.6 Å². The number of esters is 1. The highest BCUT2D eigenvalue weighted by Gasteiger charge is 2.27. The van der Waals surface area contributed by atoms with Gasteiger partial charge in [0.1, 0.15) is 0 Å². The number of carbonyl (C=O) groups is 2. The van der Waals surface area contributed by atoms with Gasteiger partial charge in [0, 0.05) is 28.5 Å². The highest BCUT2D eigenvalue weighted by molar-refractivity contribution is 7.89. The molecule has 3 aromatic rings. The number of anilines is 1. The number of nitrogens with zero attached hydrogens (tertiary/aromatic N) is 1. The lowest BCUT2D eigenvalue weighted by atomic mass is 10.2. The third-order valence-electron chi connectivity index (χ3n) is 5.20. The van der Waals surface area contributed by atoms with Crippen LogP contribution < -0.4 is 5.32 Å². The van der Waals surface area contributed by atoms with Gasteiger partial charge in [-0.25, -0.2) is 13.2 Å². The molecular formula is C24H24N2O6S3. The minimum absolute atomic E-state index is 0.0701. The zero-order chi connectivity index (χ0) is 24.8. The number of benzene rings is 1. The molecule has 2 aromatic heterocycles. The molecule has 184 valence electrons. The smallest absolute Gasteiger partial charge is 0.340 e. The van der Waals surface area contributed by atoms with Gasteiger partial charge < -0.3 is 14.8 Å².